The molecular formula is C14H15NO3S. The van der Waals surface area contributed by atoms with E-state index in [1.54, 1.807) is 24.3 Å². The van der Waals surface area contributed by atoms with Gasteiger partial charge in [-0.25, -0.2) is 12.4 Å². The van der Waals surface area contributed by atoms with Gasteiger partial charge in [-0.15, -0.1) is 0 Å². The van der Waals surface area contributed by atoms with Crippen LogP contribution in [0.15, 0.2) is 47.5 Å². The summed E-state index contributed by atoms with van der Waals surface area (Å²) in [6.07, 6.45) is 2.19. The minimum atomic E-state index is -3.71. The van der Waals surface area contributed by atoms with Crippen LogP contribution in [0.1, 0.15) is 29.9 Å². The fraction of sp³-hybridized carbons (Fsp3) is 0.214. The van der Waals surface area contributed by atoms with Crippen molar-refractivity contribution < 1.29 is 13.2 Å². The van der Waals surface area contributed by atoms with E-state index in [2.05, 4.69) is 0 Å². The number of carbonyl (C=O) groups excluding carboxylic acids is 1. The number of hydrogen-bond donors (Lipinski definition) is 0. The number of hydrogen-bond acceptors (Lipinski definition) is 3. The van der Waals surface area contributed by atoms with Gasteiger partial charge < -0.3 is 0 Å². The molecule has 0 N–H and O–H groups in total. The van der Waals surface area contributed by atoms with Gasteiger partial charge in [-0.05, 0) is 30.2 Å². The molecule has 0 bridgehead atoms. The van der Waals surface area contributed by atoms with Crippen LogP contribution in [0.5, 0.6) is 0 Å². The SMILES string of the molecule is CCc1cc(C(C)=O)n(S(=O)(=O)c2ccccc2)c1. The molecule has 0 radical (unpaired) electrons. The van der Waals surface area contributed by atoms with E-state index in [1.807, 2.05) is 6.92 Å². The van der Waals surface area contributed by atoms with Crippen molar-refractivity contribution in [3.63, 3.8) is 0 Å². The summed E-state index contributed by atoms with van der Waals surface area (Å²) in [5.41, 5.74) is 1.02. The Hall–Kier alpha value is -1.88. The molecular weight excluding hydrogens is 262 g/mol. The highest BCUT2D eigenvalue weighted by atomic mass is 32.2. The van der Waals surface area contributed by atoms with E-state index in [4.69, 9.17) is 0 Å². The van der Waals surface area contributed by atoms with Crippen molar-refractivity contribution in [3.8, 4) is 0 Å². The van der Waals surface area contributed by atoms with Gasteiger partial charge in [-0.2, -0.15) is 0 Å². The zero-order valence-electron chi connectivity index (χ0n) is 10.8. The first-order valence-electron chi connectivity index (χ1n) is 5.99. The van der Waals surface area contributed by atoms with Crippen molar-refractivity contribution in [3.05, 3.63) is 53.9 Å². The van der Waals surface area contributed by atoms with Crippen LogP contribution in [0.25, 0.3) is 0 Å². The summed E-state index contributed by atoms with van der Waals surface area (Å²) in [5, 5.41) is 0. The topological polar surface area (TPSA) is 56.1 Å². The van der Waals surface area contributed by atoms with Gasteiger partial charge >= 0.3 is 0 Å². The van der Waals surface area contributed by atoms with Crippen molar-refractivity contribution in [1.29, 1.82) is 0 Å². The van der Waals surface area contributed by atoms with Crippen LogP contribution < -0.4 is 0 Å². The van der Waals surface area contributed by atoms with Gasteiger partial charge in [0.25, 0.3) is 10.0 Å². The lowest BCUT2D eigenvalue weighted by Gasteiger charge is -2.08. The lowest BCUT2D eigenvalue weighted by Crippen LogP contribution is -2.16. The number of aryl methyl sites for hydroxylation is 1. The van der Waals surface area contributed by atoms with Crippen molar-refractivity contribution in [2.24, 2.45) is 0 Å². The first-order valence-corrected chi connectivity index (χ1v) is 7.43. The van der Waals surface area contributed by atoms with Crippen LogP contribution in [0.2, 0.25) is 0 Å². The van der Waals surface area contributed by atoms with Crippen LogP contribution in [0, 0.1) is 0 Å². The minimum absolute atomic E-state index is 0.177. The Morgan fingerprint density at radius 2 is 1.84 bits per heavy atom. The minimum Gasteiger partial charge on any atom is -0.293 e. The molecule has 2 aromatic rings. The van der Waals surface area contributed by atoms with Crippen LogP contribution >= 0.6 is 0 Å². The maximum atomic E-state index is 12.5. The number of aromatic nitrogens is 1. The van der Waals surface area contributed by atoms with Gasteiger partial charge in [-0.1, -0.05) is 25.1 Å². The fourth-order valence-corrected chi connectivity index (χ4v) is 3.29. The van der Waals surface area contributed by atoms with E-state index in [9.17, 15) is 13.2 Å². The quantitative estimate of drug-likeness (QED) is 0.807. The molecule has 1 aromatic carbocycles. The molecule has 19 heavy (non-hydrogen) atoms. The molecule has 0 saturated heterocycles. The number of nitrogens with zero attached hydrogens (tertiary/aromatic N) is 1. The van der Waals surface area contributed by atoms with Gasteiger partial charge in [0.2, 0.25) is 0 Å². The third kappa shape index (κ3) is 2.46. The Bertz CT molecular complexity index is 700. The van der Waals surface area contributed by atoms with E-state index in [1.165, 1.54) is 25.3 Å². The Balaban J connectivity index is 2.64. The van der Waals surface area contributed by atoms with E-state index in [0.29, 0.717) is 6.42 Å². The standard InChI is InChI=1S/C14H15NO3S/c1-3-12-9-14(11(2)16)15(10-12)19(17,18)13-7-5-4-6-8-13/h4-10H,3H2,1-2H3. The van der Waals surface area contributed by atoms with Gasteiger partial charge in [0.15, 0.2) is 5.78 Å². The largest absolute Gasteiger partial charge is 0.293 e. The third-order valence-corrected chi connectivity index (χ3v) is 4.60. The Morgan fingerprint density at radius 1 is 1.21 bits per heavy atom. The maximum absolute atomic E-state index is 12.5. The summed E-state index contributed by atoms with van der Waals surface area (Å²) in [5.74, 6) is -0.265. The highest BCUT2D eigenvalue weighted by Gasteiger charge is 2.22. The van der Waals surface area contributed by atoms with Crippen molar-refractivity contribution >= 4 is 15.8 Å². The van der Waals surface area contributed by atoms with Crippen LogP contribution in [0.4, 0.5) is 0 Å². The van der Waals surface area contributed by atoms with E-state index in [0.717, 1.165) is 9.54 Å². The van der Waals surface area contributed by atoms with Gasteiger partial charge in [0.05, 0.1) is 10.6 Å². The summed E-state index contributed by atoms with van der Waals surface area (Å²) in [7, 11) is -3.71. The molecule has 0 spiro atoms. The lowest BCUT2D eigenvalue weighted by atomic mass is 10.2. The van der Waals surface area contributed by atoms with E-state index < -0.39 is 10.0 Å². The molecule has 0 aliphatic heterocycles. The third-order valence-electron chi connectivity index (χ3n) is 2.91. The van der Waals surface area contributed by atoms with E-state index >= 15 is 0 Å². The van der Waals surface area contributed by atoms with Crippen molar-refractivity contribution in [1.82, 2.24) is 3.97 Å². The first kappa shape index (κ1) is 13.5. The smallest absolute Gasteiger partial charge is 0.268 e. The van der Waals surface area contributed by atoms with Gasteiger partial charge in [0, 0.05) is 13.1 Å². The average Bonchev–Trinajstić information content (AvgIpc) is 2.85. The summed E-state index contributed by atoms with van der Waals surface area (Å²) in [6.45, 7) is 3.28. The molecule has 0 fully saturated rings. The molecule has 0 aliphatic rings. The molecule has 100 valence electrons. The predicted molar refractivity (Wildman–Crippen MR) is 72.8 cm³/mol. The molecule has 5 heteroatoms. The monoisotopic (exact) mass is 277 g/mol. The second kappa shape index (κ2) is 5.01. The maximum Gasteiger partial charge on any atom is 0.268 e. The summed E-state index contributed by atoms with van der Waals surface area (Å²) in [6, 6.07) is 9.73. The van der Waals surface area contributed by atoms with Gasteiger partial charge in [-0.3, -0.25) is 4.79 Å². The summed E-state index contributed by atoms with van der Waals surface area (Å²) >= 11 is 0. The summed E-state index contributed by atoms with van der Waals surface area (Å²) in [4.78, 5) is 11.8. The van der Waals surface area contributed by atoms with E-state index in [-0.39, 0.29) is 16.4 Å². The van der Waals surface area contributed by atoms with Crippen LogP contribution in [-0.2, 0) is 16.4 Å². The molecule has 0 aliphatic carbocycles. The Kier molecular flexibility index (Phi) is 3.57. The van der Waals surface area contributed by atoms with Gasteiger partial charge in [0.1, 0.15) is 0 Å². The molecule has 0 saturated carbocycles. The summed E-state index contributed by atoms with van der Waals surface area (Å²) < 4.78 is 26.1. The molecule has 0 atom stereocenters. The zero-order valence-corrected chi connectivity index (χ0v) is 11.6. The normalized spacial score (nSPS) is 11.5. The number of rotatable bonds is 4. The van der Waals surface area contributed by atoms with Crippen molar-refractivity contribution in [2.45, 2.75) is 25.2 Å². The number of benzene rings is 1. The zero-order chi connectivity index (χ0) is 14.0. The predicted octanol–water partition coefficient (Wildman–Crippen LogP) is 2.49. The number of ketones is 1. The first-order chi connectivity index (χ1) is 8.96. The van der Waals surface area contributed by atoms with Crippen LogP contribution in [0.3, 0.4) is 0 Å². The molecule has 0 unspecified atom stereocenters. The van der Waals surface area contributed by atoms with Crippen LogP contribution in [-0.4, -0.2) is 18.2 Å². The number of carbonyl (C=O) groups is 1. The lowest BCUT2D eigenvalue weighted by molar-refractivity contribution is 0.101. The Morgan fingerprint density at radius 3 is 2.37 bits per heavy atom. The second-order valence-electron chi connectivity index (χ2n) is 4.26. The highest BCUT2D eigenvalue weighted by Crippen LogP contribution is 2.19. The average molecular weight is 277 g/mol. The molecule has 1 aromatic heterocycles. The van der Waals surface area contributed by atoms with Crippen molar-refractivity contribution in [2.75, 3.05) is 0 Å². The number of Topliss-reactive ketones (excluding diaryl/α,β-unsaturated/α-hetero) is 1. The Labute approximate surface area is 112 Å². The second-order valence-corrected chi connectivity index (χ2v) is 6.07. The molecule has 2 rings (SSSR count). The highest BCUT2D eigenvalue weighted by molar-refractivity contribution is 7.90. The fourth-order valence-electron chi connectivity index (χ4n) is 1.85. The molecule has 1 heterocycles. The molecule has 0 amide bonds. The molecule has 4 nitrogen and oxygen atoms in total.